The van der Waals surface area contributed by atoms with Crippen LogP contribution in [0.3, 0.4) is 0 Å². The number of ether oxygens (including phenoxy) is 1. The van der Waals surface area contributed by atoms with Crippen molar-refractivity contribution in [2.24, 2.45) is 0 Å². The van der Waals surface area contributed by atoms with Crippen LogP contribution in [0.25, 0.3) is 66.1 Å². The summed E-state index contributed by atoms with van der Waals surface area (Å²) < 4.78 is 6.43. The van der Waals surface area contributed by atoms with E-state index in [0.29, 0.717) is 0 Å². The van der Waals surface area contributed by atoms with Crippen LogP contribution >= 0.6 is 0 Å². The number of hydrogen-bond donors (Lipinski definition) is 0. The van der Waals surface area contributed by atoms with E-state index in [4.69, 9.17) is 4.74 Å². The molecule has 0 aliphatic carbocycles. The maximum atomic E-state index is 6.43. The first-order valence-electron chi connectivity index (χ1n) is 17.8. The molecule has 244 valence electrons. The molecule has 9 aromatic carbocycles. The Hall–Kier alpha value is -6.90. The summed E-state index contributed by atoms with van der Waals surface area (Å²) in [5.74, 6) is 1.80. The summed E-state index contributed by atoms with van der Waals surface area (Å²) in [6.07, 6.45) is 0. The minimum Gasteiger partial charge on any atom is -0.456 e. The highest BCUT2D eigenvalue weighted by Gasteiger charge is 2.22. The van der Waals surface area contributed by atoms with Crippen LogP contribution in [0.2, 0.25) is 0 Å². The molecule has 0 fully saturated rings. The van der Waals surface area contributed by atoms with E-state index in [9.17, 15) is 0 Å². The molecule has 0 unspecified atom stereocenters. The third-order valence-corrected chi connectivity index (χ3v) is 10.3. The summed E-state index contributed by atoms with van der Waals surface area (Å²) in [6.45, 7) is 0. The fraction of sp³-hybridized carbons (Fsp3) is 0. The van der Waals surface area contributed by atoms with Crippen molar-refractivity contribution in [1.82, 2.24) is 0 Å². The van der Waals surface area contributed by atoms with E-state index >= 15 is 0 Å². The highest BCUT2D eigenvalue weighted by Crippen LogP contribution is 2.49. The van der Waals surface area contributed by atoms with Crippen LogP contribution in [0.5, 0.6) is 11.5 Å². The summed E-state index contributed by atoms with van der Waals surface area (Å²) in [5.41, 5.74) is 12.7. The van der Waals surface area contributed by atoms with Gasteiger partial charge in [-0.2, -0.15) is 0 Å². The molecule has 0 amide bonds. The van der Waals surface area contributed by atoms with Crippen LogP contribution in [0.1, 0.15) is 0 Å². The van der Waals surface area contributed by atoms with Gasteiger partial charge in [-0.05, 0) is 98.1 Å². The van der Waals surface area contributed by atoms with E-state index in [1.807, 2.05) is 12.1 Å². The predicted octanol–water partition coefficient (Wildman–Crippen LogP) is 14.2. The largest absolute Gasteiger partial charge is 0.456 e. The molecule has 0 saturated heterocycles. The summed E-state index contributed by atoms with van der Waals surface area (Å²) in [6, 6.07) is 71.7. The molecule has 0 atom stereocenters. The van der Waals surface area contributed by atoms with Gasteiger partial charge in [0.15, 0.2) is 0 Å². The quantitative estimate of drug-likeness (QED) is 0.176. The topological polar surface area (TPSA) is 12.5 Å². The van der Waals surface area contributed by atoms with Crippen molar-refractivity contribution in [2.75, 3.05) is 4.90 Å². The number of anilines is 3. The van der Waals surface area contributed by atoms with Gasteiger partial charge in [0.25, 0.3) is 0 Å². The highest BCUT2D eigenvalue weighted by atomic mass is 16.5. The van der Waals surface area contributed by atoms with Crippen LogP contribution in [0.15, 0.2) is 200 Å². The minimum absolute atomic E-state index is 0.897. The van der Waals surface area contributed by atoms with E-state index in [-0.39, 0.29) is 0 Å². The first kappa shape index (κ1) is 30.0. The lowest BCUT2D eigenvalue weighted by atomic mass is 9.90. The maximum Gasteiger partial charge on any atom is 0.135 e. The summed E-state index contributed by atoms with van der Waals surface area (Å²) in [4.78, 5) is 2.39. The third kappa shape index (κ3) is 5.12. The van der Waals surface area contributed by atoms with Crippen LogP contribution in [0, 0.1) is 0 Å². The molecule has 0 saturated carbocycles. The molecule has 1 aliphatic rings. The minimum atomic E-state index is 0.897. The van der Waals surface area contributed by atoms with Gasteiger partial charge >= 0.3 is 0 Å². The average Bonchev–Trinajstić information content (AvgIpc) is 3.22. The Morgan fingerprint density at radius 2 is 1.02 bits per heavy atom. The second-order valence-electron chi connectivity index (χ2n) is 13.3. The zero-order chi connectivity index (χ0) is 34.4. The molecule has 1 aliphatic heterocycles. The van der Waals surface area contributed by atoms with Crippen molar-refractivity contribution in [3.05, 3.63) is 200 Å². The standard InChI is InChI=1S/C50H33NO/c1-2-13-36(14-3-1)43-18-6-8-22-47(43)51(40-28-26-35(27-29-40)38-25-24-34-12-4-5-15-37(34)32-38)41-17-10-16-39(33-41)42-30-31-49-50-45(42)20-11-21-46(50)44-19-7-9-23-48(44)52-49/h1-33H. The van der Waals surface area contributed by atoms with Crippen LogP contribution < -0.4 is 9.64 Å². The molecular formula is C50H33NO. The van der Waals surface area contributed by atoms with E-state index in [1.165, 1.54) is 49.5 Å². The lowest BCUT2D eigenvalue weighted by Crippen LogP contribution is -2.11. The van der Waals surface area contributed by atoms with Crippen LogP contribution in [-0.4, -0.2) is 0 Å². The zero-order valence-electron chi connectivity index (χ0n) is 28.4. The lowest BCUT2D eigenvalue weighted by molar-refractivity contribution is 0.487. The van der Waals surface area contributed by atoms with Crippen LogP contribution in [0.4, 0.5) is 17.1 Å². The van der Waals surface area contributed by atoms with E-state index in [0.717, 1.165) is 45.1 Å². The van der Waals surface area contributed by atoms with Gasteiger partial charge in [0.05, 0.1) is 5.69 Å². The summed E-state index contributed by atoms with van der Waals surface area (Å²) >= 11 is 0. The molecule has 0 N–H and O–H groups in total. The van der Waals surface area contributed by atoms with Crippen molar-refractivity contribution in [3.8, 4) is 56.0 Å². The molecule has 52 heavy (non-hydrogen) atoms. The Balaban J connectivity index is 1.12. The second kappa shape index (κ2) is 12.5. The second-order valence-corrected chi connectivity index (χ2v) is 13.3. The molecule has 0 spiro atoms. The van der Waals surface area contributed by atoms with Gasteiger partial charge in [0.2, 0.25) is 0 Å². The number of hydrogen-bond acceptors (Lipinski definition) is 2. The average molecular weight is 664 g/mol. The smallest absolute Gasteiger partial charge is 0.135 e. The van der Waals surface area contributed by atoms with Gasteiger partial charge < -0.3 is 9.64 Å². The van der Waals surface area contributed by atoms with Crippen molar-refractivity contribution in [1.29, 1.82) is 0 Å². The lowest BCUT2D eigenvalue weighted by Gasteiger charge is -2.28. The number of nitrogens with zero attached hydrogens (tertiary/aromatic N) is 1. The van der Waals surface area contributed by atoms with Crippen molar-refractivity contribution in [2.45, 2.75) is 0 Å². The molecule has 9 aromatic rings. The van der Waals surface area contributed by atoms with E-state index in [2.05, 4.69) is 193 Å². The van der Waals surface area contributed by atoms with Gasteiger partial charge in [0.1, 0.15) is 11.5 Å². The zero-order valence-corrected chi connectivity index (χ0v) is 28.4. The molecular weight excluding hydrogens is 631 g/mol. The fourth-order valence-corrected chi connectivity index (χ4v) is 7.77. The Morgan fingerprint density at radius 3 is 1.90 bits per heavy atom. The van der Waals surface area contributed by atoms with E-state index < -0.39 is 0 Å². The number of fused-ring (bicyclic) bond motifs is 3. The number of para-hydroxylation sites is 2. The van der Waals surface area contributed by atoms with Crippen molar-refractivity contribution in [3.63, 3.8) is 0 Å². The molecule has 10 rings (SSSR count). The Morgan fingerprint density at radius 1 is 0.327 bits per heavy atom. The Kier molecular flexibility index (Phi) is 7.18. The van der Waals surface area contributed by atoms with Gasteiger partial charge in [0, 0.05) is 27.9 Å². The van der Waals surface area contributed by atoms with Gasteiger partial charge in [-0.25, -0.2) is 0 Å². The van der Waals surface area contributed by atoms with Crippen molar-refractivity contribution < 1.29 is 4.74 Å². The molecule has 0 bridgehead atoms. The highest BCUT2D eigenvalue weighted by molar-refractivity contribution is 6.10. The third-order valence-electron chi connectivity index (χ3n) is 10.3. The normalized spacial score (nSPS) is 11.6. The maximum absolute atomic E-state index is 6.43. The monoisotopic (exact) mass is 663 g/mol. The molecule has 1 heterocycles. The Labute approximate surface area is 303 Å². The molecule has 0 aromatic heterocycles. The summed E-state index contributed by atoms with van der Waals surface area (Å²) in [7, 11) is 0. The molecule has 0 radical (unpaired) electrons. The van der Waals surface area contributed by atoms with Gasteiger partial charge in [-0.3, -0.25) is 0 Å². The van der Waals surface area contributed by atoms with Gasteiger partial charge in [-0.1, -0.05) is 152 Å². The SMILES string of the molecule is c1ccc(-c2ccccc2N(c2ccc(-c3ccc4ccccc4c3)cc2)c2cccc(-c3ccc4c5c(cccc35)-c3ccccc3O4)c2)cc1. The summed E-state index contributed by atoms with van der Waals surface area (Å²) in [5, 5.41) is 4.82. The predicted molar refractivity (Wildman–Crippen MR) is 218 cm³/mol. The van der Waals surface area contributed by atoms with Gasteiger partial charge in [-0.15, -0.1) is 0 Å². The fourth-order valence-electron chi connectivity index (χ4n) is 7.77. The Bertz CT molecular complexity index is 2770. The molecule has 2 heteroatoms. The first-order valence-corrected chi connectivity index (χ1v) is 17.8. The van der Waals surface area contributed by atoms with Crippen LogP contribution in [-0.2, 0) is 0 Å². The first-order chi connectivity index (χ1) is 25.8. The molecule has 2 nitrogen and oxygen atoms in total. The van der Waals surface area contributed by atoms with E-state index in [1.54, 1.807) is 0 Å². The number of rotatable bonds is 6. The number of benzene rings is 9. The van der Waals surface area contributed by atoms with Crippen molar-refractivity contribution >= 4 is 38.6 Å².